The standard InChI is InChI=1S/C17H25NO/c1-12-5-6-16(14(3)9-12)17(19)11-18-8-7-13(2)15(4)10-18/h5-6,9,13,15H,7-8,10-11H2,1-4H3. The van der Waals surface area contributed by atoms with E-state index in [2.05, 4.69) is 31.7 Å². The zero-order valence-corrected chi connectivity index (χ0v) is 12.6. The normalized spacial score (nSPS) is 24.4. The van der Waals surface area contributed by atoms with E-state index in [1.807, 2.05) is 19.1 Å². The number of piperidine rings is 1. The first-order valence-electron chi connectivity index (χ1n) is 7.30. The van der Waals surface area contributed by atoms with E-state index >= 15 is 0 Å². The fourth-order valence-electron chi connectivity index (χ4n) is 2.91. The summed E-state index contributed by atoms with van der Waals surface area (Å²) in [6, 6.07) is 6.10. The quantitative estimate of drug-likeness (QED) is 0.775. The van der Waals surface area contributed by atoms with Crippen molar-refractivity contribution in [3.63, 3.8) is 0 Å². The number of hydrogen-bond donors (Lipinski definition) is 0. The van der Waals surface area contributed by atoms with Gasteiger partial charge in [0, 0.05) is 12.1 Å². The predicted molar refractivity (Wildman–Crippen MR) is 79.6 cm³/mol. The van der Waals surface area contributed by atoms with Crippen molar-refractivity contribution in [3.8, 4) is 0 Å². The molecule has 0 amide bonds. The van der Waals surface area contributed by atoms with Crippen molar-refractivity contribution in [1.82, 2.24) is 4.90 Å². The SMILES string of the molecule is Cc1ccc(C(=O)CN2CCC(C)C(C)C2)c(C)c1. The highest BCUT2D eigenvalue weighted by molar-refractivity contribution is 5.98. The second-order valence-corrected chi connectivity index (χ2v) is 6.22. The molecule has 2 atom stereocenters. The summed E-state index contributed by atoms with van der Waals surface area (Å²) in [5, 5.41) is 0. The maximum atomic E-state index is 12.4. The van der Waals surface area contributed by atoms with E-state index in [-0.39, 0.29) is 5.78 Å². The van der Waals surface area contributed by atoms with Gasteiger partial charge in [-0.25, -0.2) is 0 Å². The number of likely N-dealkylation sites (tertiary alicyclic amines) is 1. The molecule has 1 aliphatic rings. The number of aryl methyl sites for hydroxylation is 2. The molecule has 1 aromatic carbocycles. The molecule has 2 heteroatoms. The molecule has 2 rings (SSSR count). The third kappa shape index (κ3) is 3.44. The van der Waals surface area contributed by atoms with Crippen LogP contribution in [0.4, 0.5) is 0 Å². The van der Waals surface area contributed by atoms with Crippen LogP contribution in [-0.2, 0) is 0 Å². The van der Waals surface area contributed by atoms with Gasteiger partial charge in [0.1, 0.15) is 0 Å². The predicted octanol–water partition coefficient (Wildman–Crippen LogP) is 3.46. The Morgan fingerprint density at radius 1 is 1.26 bits per heavy atom. The number of ketones is 1. The lowest BCUT2D eigenvalue weighted by Crippen LogP contribution is -2.41. The topological polar surface area (TPSA) is 20.3 Å². The lowest BCUT2D eigenvalue weighted by atomic mass is 9.88. The molecule has 1 aromatic rings. The molecule has 1 aliphatic heterocycles. The van der Waals surface area contributed by atoms with Gasteiger partial charge < -0.3 is 0 Å². The summed E-state index contributed by atoms with van der Waals surface area (Å²) in [5.74, 6) is 1.74. The summed E-state index contributed by atoms with van der Waals surface area (Å²) in [6.07, 6.45) is 1.21. The van der Waals surface area contributed by atoms with Crippen LogP contribution in [0.3, 0.4) is 0 Å². The van der Waals surface area contributed by atoms with E-state index in [1.165, 1.54) is 12.0 Å². The zero-order valence-electron chi connectivity index (χ0n) is 12.6. The zero-order chi connectivity index (χ0) is 14.0. The monoisotopic (exact) mass is 259 g/mol. The fraction of sp³-hybridized carbons (Fsp3) is 0.588. The third-order valence-corrected chi connectivity index (χ3v) is 4.47. The highest BCUT2D eigenvalue weighted by Crippen LogP contribution is 2.22. The summed E-state index contributed by atoms with van der Waals surface area (Å²) < 4.78 is 0. The number of rotatable bonds is 3. The van der Waals surface area contributed by atoms with Crippen molar-refractivity contribution in [1.29, 1.82) is 0 Å². The van der Waals surface area contributed by atoms with E-state index in [0.29, 0.717) is 12.5 Å². The minimum Gasteiger partial charge on any atom is -0.296 e. The molecule has 0 bridgehead atoms. The van der Waals surface area contributed by atoms with Crippen LogP contribution in [-0.4, -0.2) is 30.3 Å². The lowest BCUT2D eigenvalue weighted by molar-refractivity contribution is 0.0848. The van der Waals surface area contributed by atoms with Gasteiger partial charge >= 0.3 is 0 Å². The molecular formula is C17H25NO. The maximum absolute atomic E-state index is 12.4. The Hall–Kier alpha value is -1.15. The van der Waals surface area contributed by atoms with Crippen molar-refractivity contribution in [2.75, 3.05) is 19.6 Å². The summed E-state index contributed by atoms with van der Waals surface area (Å²) in [6.45, 7) is 11.4. The molecule has 2 nitrogen and oxygen atoms in total. The lowest BCUT2D eigenvalue weighted by Gasteiger charge is -2.34. The van der Waals surface area contributed by atoms with E-state index in [4.69, 9.17) is 0 Å². The van der Waals surface area contributed by atoms with Gasteiger partial charge in [-0.05, 0) is 44.2 Å². The van der Waals surface area contributed by atoms with Crippen LogP contribution >= 0.6 is 0 Å². The Labute approximate surface area is 116 Å². The Bertz CT molecular complexity index is 466. The van der Waals surface area contributed by atoms with Gasteiger partial charge in [0.25, 0.3) is 0 Å². The number of nitrogens with zero attached hydrogens (tertiary/aromatic N) is 1. The largest absolute Gasteiger partial charge is 0.296 e. The molecule has 19 heavy (non-hydrogen) atoms. The first kappa shape index (κ1) is 14.3. The second-order valence-electron chi connectivity index (χ2n) is 6.22. The van der Waals surface area contributed by atoms with Crippen molar-refractivity contribution >= 4 is 5.78 Å². The van der Waals surface area contributed by atoms with E-state index in [1.54, 1.807) is 0 Å². The molecule has 0 saturated carbocycles. The van der Waals surface area contributed by atoms with Gasteiger partial charge in [-0.2, -0.15) is 0 Å². The molecule has 0 radical (unpaired) electrons. The first-order valence-corrected chi connectivity index (χ1v) is 7.30. The van der Waals surface area contributed by atoms with Gasteiger partial charge in [0.05, 0.1) is 6.54 Å². The van der Waals surface area contributed by atoms with E-state index < -0.39 is 0 Å². The minimum atomic E-state index is 0.263. The van der Waals surface area contributed by atoms with Crippen molar-refractivity contribution in [3.05, 3.63) is 34.9 Å². The van der Waals surface area contributed by atoms with Gasteiger partial charge in [-0.1, -0.05) is 37.6 Å². The average molecular weight is 259 g/mol. The van der Waals surface area contributed by atoms with Crippen LogP contribution in [0.5, 0.6) is 0 Å². The Kier molecular flexibility index (Phi) is 4.41. The number of carbonyl (C=O) groups is 1. The molecule has 0 aromatic heterocycles. The van der Waals surface area contributed by atoms with Gasteiger partial charge in [0.15, 0.2) is 5.78 Å². The van der Waals surface area contributed by atoms with Crippen LogP contribution in [0.25, 0.3) is 0 Å². The first-order chi connectivity index (χ1) is 8.97. The van der Waals surface area contributed by atoms with Crippen LogP contribution in [0.2, 0.25) is 0 Å². The highest BCUT2D eigenvalue weighted by Gasteiger charge is 2.24. The van der Waals surface area contributed by atoms with E-state index in [9.17, 15) is 4.79 Å². The van der Waals surface area contributed by atoms with Crippen LogP contribution in [0.1, 0.15) is 41.8 Å². The number of carbonyl (C=O) groups excluding carboxylic acids is 1. The Balaban J connectivity index is 2.01. The molecule has 1 heterocycles. The van der Waals surface area contributed by atoms with E-state index in [0.717, 1.165) is 30.1 Å². The Morgan fingerprint density at radius 3 is 2.63 bits per heavy atom. The number of hydrogen-bond acceptors (Lipinski definition) is 2. The molecule has 0 N–H and O–H groups in total. The molecule has 2 unspecified atom stereocenters. The van der Waals surface area contributed by atoms with Crippen molar-refractivity contribution in [2.24, 2.45) is 11.8 Å². The third-order valence-electron chi connectivity index (χ3n) is 4.47. The molecule has 104 valence electrons. The average Bonchev–Trinajstić information content (AvgIpc) is 2.33. The summed E-state index contributed by atoms with van der Waals surface area (Å²) >= 11 is 0. The van der Waals surface area contributed by atoms with Gasteiger partial charge in [-0.3, -0.25) is 9.69 Å². The minimum absolute atomic E-state index is 0.263. The second kappa shape index (κ2) is 5.87. The van der Waals surface area contributed by atoms with Crippen LogP contribution in [0.15, 0.2) is 18.2 Å². The van der Waals surface area contributed by atoms with Crippen molar-refractivity contribution < 1.29 is 4.79 Å². The molecular weight excluding hydrogens is 234 g/mol. The van der Waals surface area contributed by atoms with Crippen LogP contribution in [0, 0.1) is 25.7 Å². The van der Waals surface area contributed by atoms with Gasteiger partial charge in [-0.15, -0.1) is 0 Å². The summed E-state index contributed by atoms with van der Waals surface area (Å²) in [4.78, 5) is 14.7. The fourth-order valence-corrected chi connectivity index (χ4v) is 2.91. The smallest absolute Gasteiger partial charge is 0.177 e. The highest BCUT2D eigenvalue weighted by atomic mass is 16.1. The maximum Gasteiger partial charge on any atom is 0.177 e. The molecule has 1 saturated heterocycles. The molecule has 1 fully saturated rings. The number of benzene rings is 1. The van der Waals surface area contributed by atoms with Gasteiger partial charge in [0.2, 0.25) is 0 Å². The van der Waals surface area contributed by atoms with Crippen molar-refractivity contribution in [2.45, 2.75) is 34.1 Å². The Morgan fingerprint density at radius 2 is 2.00 bits per heavy atom. The molecule has 0 spiro atoms. The van der Waals surface area contributed by atoms with Crippen LogP contribution < -0.4 is 0 Å². The number of Topliss-reactive ketones (excluding diaryl/α,β-unsaturated/α-hetero) is 1. The summed E-state index contributed by atoms with van der Waals surface area (Å²) in [5.41, 5.74) is 3.20. The summed E-state index contributed by atoms with van der Waals surface area (Å²) in [7, 11) is 0. The molecule has 0 aliphatic carbocycles.